The second-order valence-electron chi connectivity index (χ2n) is 12.0. The van der Waals surface area contributed by atoms with Crippen molar-refractivity contribution in [2.75, 3.05) is 31.1 Å². The van der Waals surface area contributed by atoms with Crippen molar-refractivity contribution in [3.05, 3.63) is 48.5 Å². The van der Waals surface area contributed by atoms with Gasteiger partial charge in [-0.3, -0.25) is 19.9 Å². The monoisotopic (exact) mass is 625 g/mol. The van der Waals surface area contributed by atoms with E-state index in [1.165, 1.54) is 12.7 Å². The molecule has 2 aromatic heterocycles. The highest BCUT2D eigenvalue weighted by Crippen LogP contribution is 2.27. The molecule has 2 aliphatic heterocycles. The number of nitrogens with zero attached hydrogens (tertiary/aromatic N) is 6. The molecule has 44 heavy (non-hydrogen) atoms. The van der Waals surface area contributed by atoms with E-state index in [2.05, 4.69) is 40.2 Å². The molecule has 0 aliphatic carbocycles. The molecule has 1 fully saturated rings. The number of fused-ring (bicyclic) bond motifs is 1. The molecular formula is C29H39N9O5S. The van der Waals surface area contributed by atoms with Crippen LogP contribution in [0, 0.1) is 5.92 Å². The Morgan fingerprint density at radius 2 is 1.86 bits per heavy atom. The predicted molar refractivity (Wildman–Crippen MR) is 165 cm³/mol. The zero-order chi connectivity index (χ0) is 31.3. The smallest absolute Gasteiger partial charge is 0.326 e. The number of imidazole rings is 1. The Hall–Kier alpha value is -4.11. The normalized spacial score (nSPS) is 17.1. The summed E-state index contributed by atoms with van der Waals surface area (Å²) in [4.78, 5) is 45.8. The molecule has 1 saturated heterocycles. The first-order chi connectivity index (χ1) is 21.0. The van der Waals surface area contributed by atoms with Gasteiger partial charge in [-0.15, -0.1) is 0 Å². The molecule has 0 unspecified atom stereocenters. The molecule has 236 valence electrons. The van der Waals surface area contributed by atoms with Crippen molar-refractivity contribution in [1.82, 2.24) is 34.9 Å². The molecule has 3 N–H and O–H groups in total. The summed E-state index contributed by atoms with van der Waals surface area (Å²) < 4.78 is 35.9. The molecule has 15 heteroatoms. The van der Waals surface area contributed by atoms with Gasteiger partial charge in [0.05, 0.1) is 18.6 Å². The average molecular weight is 626 g/mol. The van der Waals surface area contributed by atoms with Crippen molar-refractivity contribution in [2.24, 2.45) is 10.9 Å². The number of esters is 1. The molecule has 14 nitrogen and oxygen atoms in total. The lowest BCUT2D eigenvalue weighted by Gasteiger charge is -2.32. The number of anilines is 1. The number of aromatic nitrogens is 4. The predicted octanol–water partition coefficient (Wildman–Crippen LogP) is 1.34. The van der Waals surface area contributed by atoms with Gasteiger partial charge in [0.1, 0.15) is 18.0 Å². The number of carbonyl (C=O) groups is 2. The van der Waals surface area contributed by atoms with Crippen LogP contribution in [0.15, 0.2) is 48.0 Å². The third-order valence-electron chi connectivity index (χ3n) is 7.28. The molecule has 1 atom stereocenters. The van der Waals surface area contributed by atoms with Gasteiger partial charge in [-0.05, 0) is 45.6 Å². The van der Waals surface area contributed by atoms with Gasteiger partial charge in [0.15, 0.2) is 22.9 Å². The summed E-state index contributed by atoms with van der Waals surface area (Å²) in [6.07, 6.45) is 5.16. The van der Waals surface area contributed by atoms with Crippen molar-refractivity contribution in [2.45, 2.75) is 64.0 Å². The summed E-state index contributed by atoms with van der Waals surface area (Å²) in [5.74, 6) is -0.0324. The Morgan fingerprint density at radius 3 is 2.55 bits per heavy atom. The largest absolute Gasteiger partial charge is 0.459 e. The minimum absolute atomic E-state index is 0.0437. The lowest BCUT2D eigenvalue weighted by molar-refractivity contribution is -0.157. The van der Waals surface area contributed by atoms with E-state index in [1.807, 2.05) is 0 Å². The van der Waals surface area contributed by atoms with Gasteiger partial charge >= 0.3 is 5.97 Å². The number of rotatable bonds is 9. The first-order valence-electron chi connectivity index (χ1n) is 14.7. The Morgan fingerprint density at radius 1 is 1.11 bits per heavy atom. The van der Waals surface area contributed by atoms with Gasteiger partial charge in [0.25, 0.3) is 0 Å². The van der Waals surface area contributed by atoms with E-state index in [4.69, 9.17) is 4.74 Å². The molecule has 1 amide bonds. The van der Waals surface area contributed by atoms with Crippen molar-refractivity contribution in [1.29, 1.82) is 0 Å². The van der Waals surface area contributed by atoms with Gasteiger partial charge in [-0.25, -0.2) is 23.4 Å². The van der Waals surface area contributed by atoms with Crippen molar-refractivity contribution < 1.29 is 22.7 Å². The molecule has 3 aromatic rings. The molecule has 0 radical (unpaired) electrons. The van der Waals surface area contributed by atoms with Gasteiger partial charge < -0.3 is 19.5 Å². The molecular weight excluding hydrogens is 586 g/mol. The molecule has 2 aliphatic rings. The van der Waals surface area contributed by atoms with E-state index in [9.17, 15) is 18.0 Å². The summed E-state index contributed by atoms with van der Waals surface area (Å²) in [6.45, 7) is 7.77. The Balaban J connectivity index is 1.30. The quantitative estimate of drug-likeness (QED) is 0.295. The number of sulfonamides is 1. The summed E-state index contributed by atoms with van der Waals surface area (Å²) in [6, 6.07) is 7.51. The highest BCUT2D eigenvalue weighted by molar-refractivity contribution is 7.88. The summed E-state index contributed by atoms with van der Waals surface area (Å²) >= 11 is 0. The number of guanidine groups is 1. The average Bonchev–Trinajstić information content (AvgIpc) is 3.39. The third-order valence-corrected chi connectivity index (χ3v) is 8.63. The number of ether oxygens (including phenoxy) is 1. The van der Waals surface area contributed by atoms with Gasteiger partial charge in [0.2, 0.25) is 15.9 Å². The number of carbonyl (C=O) groups excluding carboxylic acids is 2. The minimum Gasteiger partial charge on any atom is -0.459 e. The minimum atomic E-state index is -3.91. The van der Waals surface area contributed by atoms with E-state index in [0.29, 0.717) is 61.0 Å². The van der Waals surface area contributed by atoms with Crippen LogP contribution in [0.2, 0.25) is 0 Å². The van der Waals surface area contributed by atoms with Gasteiger partial charge in [-0.1, -0.05) is 30.3 Å². The first-order valence-corrected chi connectivity index (χ1v) is 16.4. The van der Waals surface area contributed by atoms with Crippen LogP contribution < -0.4 is 20.3 Å². The molecule has 0 saturated carbocycles. The second kappa shape index (κ2) is 13.3. The van der Waals surface area contributed by atoms with Gasteiger partial charge in [-0.2, -0.15) is 4.72 Å². The molecule has 0 bridgehead atoms. The standard InChI is InChI=1S/C29H39N9O5S/c1-29(2,3)43-27(40)22(36-44(41,42)17-20-8-5-4-6-9-20)16-38-19-34-23-24(32-18-33-25(23)38)37-14-10-21(11-15-37)26(39)35-28-30-12-7-13-31-28/h4-6,8-9,18-19,21-22,36H,7,10-17H2,1-3H3,(H2,30,31,35,39)/t22-/m0/s1. The van der Waals surface area contributed by atoms with Crippen molar-refractivity contribution >= 4 is 44.8 Å². The number of nitrogens with one attached hydrogen (secondary N) is 3. The second-order valence-corrected chi connectivity index (χ2v) is 13.7. The maximum atomic E-state index is 13.2. The highest BCUT2D eigenvalue weighted by atomic mass is 32.2. The van der Waals surface area contributed by atoms with E-state index < -0.39 is 27.6 Å². The molecule has 1 aromatic carbocycles. The molecule has 0 spiro atoms. The summed E-state index contributed by atoms with van der Waals surface area (Å²) in [5.41, 5.74) is 0.739. The fraction of sp³-hybridized carbons (Fsp3) is 0.517. The highest BCUT2D eigenvalue weighted by Gasteiger charge is 2.32. The van der Waals surface area contributed by atoms with E-state index in [1.54, 1.807) is 55.7 Å². The van der Waals surface area contributed by atoms with Crippen LogP contribution in [0.25, 0.3) is 11.2 Å². The third kappa shape index (κ3) is 8.08. The van der Waals surface area contributed by atoms with E-state index in [0.717, 1.165) is 13.0 Å². The van der Waals surface area contributed by atoms with Crippen LogP contribution in [0.1, 0.15) is 45.6 Å². The van der Waals surface area contributed by atoms with Crippen molar-refractivity contribution in [3.8, 4) is 0 Å². The van der Waals surface area contributed by atoms with Crippen LogP contribution in [0.4, 0.5) is 5.82 Å². The fourth-order valence-corrected chi connectivity index (χ4v) is 6.52. The van der Waals surface area contributed by atoms with Crippen LogP contribution in [-0.2, 0) is 36.6 Å². The zero-order valence-corrected chi connectivity index (χ0v) is 26.0. The summed E-state index contributed by atoms with van der Waals surface area (Å²) in [5, 5.41) is 6.01. The summed E-state index contributed by atoms with van der Waals surface area (Å²) in [7, 11) is -3.91. The van der Waals surface area contributed by atoms with Crippen molar-refractivity contribution in [3.63, 3.8) is 0 Å². The maximum absolute atomic E-state index is 13.2. The number of hydrogen-bond donors (Lipinski definition) is 3. The Labute approximate surface area is 256 Å². The van der Waals surface area contributed by atoms with Crippen LogP contribution in [0.5, 0.6) is 0 Å². The number of piperidine rings is 1. The molecule has 5 rings (SSSR count). The van der Waals surface area contributed by atoms with E-state index in [-0.39, 0.29) is 24.1 Å². The Kier molecular flexibility index (Phi) is 9.44. The molecule has 4 heterocycles. The van der Waals surface area contributed by atoms with Crippen LogP contribution in [0.3, 0.4) is 0 Å². The first kappa shape index (κ1) is 31.3. The van der Waals surface area contributed by atoms with Crippen LogP contribution in [-0.4, -0.2) is 83.6 Å². The number of hydrogen-bond acceptors (Lipinski definition) is 11. The number of benzene rings is 1. The maximum Gasteiger partial charge on any atom is 0.326 e. The van der Waals surface area contributed by atoms with Gasteiger partial charge in [0, 0.05) is 32.1 Å². The number of aliphatic imine (C=N–C) groups is 1. The Bertz CT molecular complexity index is 1610. The SMILES string of the molecule is CC(C)(C)OC(=O)[C@H](Cn1cnc2c(N3CCC(C(=O)NC4=NCCCN4)CC3)ncnc21)NS(=O)(=O)Cc1ccccc1. The lowest BCUT2D eigenvalue weighted by atomic mass is 9.96. The zero-order valence-electron chi connectivity index (χ0n) is 25.2. The van der Waals surface area contributed by atoms with Crippen LogP contribution >= 0.6 is 0 Å². The van der Waals surface area contributed by atoms with E-state index >= 15 is 0 Å². The fourth-order valence-electron chi connectivity index (χ4n) is 5.20. The lowest BCUT2D eigenvalue weighted by Crippen LogP contribution is -2.48. The topological polar surface area (TPSA) is 173 Å². The number of amides is 1.